The van der Waals surface area contributed by atoms with Gasteiger partial charge in [-0.25, -0.2) is 8.42 Å². The molecular formula is C32H41N3O4S. The predicted octanol–water partition coefficient (Wildman–Crippen LogP) is 5.26. The zero-order chi connectivity index (χ0) is 29.1. The Balaban J connectivity index is 2.00. The van der Waals surface area contributed by atoms with Crippen LogP contribution in [0.4, 0.5) is 5.69 Å². The summed E-state index contributed by atoms with van der Waals surface area (Å²) in [5, 5.41) is 2.96. The zero-order valence-corrected chi connectivity index (χ0v) is 24.8. The molecule has 3 aromatic carbocycles. The second kappa shape index (κ2) is 14.7. The van der Waals surface area contributed by atoms with E-state index in [-0.39, 0.29) is 17.3 Å². The smallest absolute Gasteiger partial charge is 0.264 e. The Bertz CT molecular complexity index is 1360. The van der Waals surface area contributed by atoms with Crippen molar-refractivity contribution >= 4 is 27.5 Å². The maximum absolute atomic E-state index is 14.1. The average Bonchev–Trinajstić information content (AvgIpc) is 2.95. The lowest BCUT2D eigenvalue weighted by Crippen LogP contribution is -2.53. The second-order valence-corrected chi connectivity index (χ2v) is 11.9. The fourth-order valence-electron chi connectivity index (χ4n) is 4.72. The molecule has 0 radical (unpaired) electrons. The van der Waals surface area contributed by atoms with E-state index in [9.17, 15) is 18.0 Å². The molecule has 1 N–H and O–H groups in total. The Morgan fingerprint density at radius 3 is 2.15 bits per heavy atom. The molecule has 0 saturated carbocycles. The number of nitrogens with one attached hydrogen (secondary N) is 1. The van der Waals surface area contributed by atoms with Crippen molar-refractivity contribution in [3.8, 4) is 0 Å². The summed E-state index contributed by atoms with van der Waals surface area (Å²) in [4.78, 5) is 29.0. The van der Waals surface area contributed by atoms with Crippen LogP contribution in [0.5, 0.6) is 0 Å². The molecule has 40 heavy (non-hydrogen) atoms. The van der Waals surface area contributed by atoms with Gasteiger partial charge in [-0.15, -0.1) is 0 Å². The van der Waals surface area contributed by atoms with Gasteiger partial charge in [0.1, 0.15) is 12.6 Å². The fourth-order valence-corrected chi connectivity index (χ4v) is 6.22. The van der Waals surface area contributed by atoms with Gasteiger partial charge in [0.2, 0.25) is 11.8 Å². The number of rotatable bonds is 14. The van der Waals surface area contributed by atoms with E-state index in [4.69, 9.17) is 0 Å². The van der Waals surface area contributed by atoms with Gasteiger partial charge in [-0.3, -0.25) is 13.9 Å². The molecule has 0 fully saturated rings. The van der Waals surface area contributed by atoms with Crippen molar-refractivity contribution in [2.24, 2.45) is 0 Å². The van der Waals surface area contributed by atoms with Gasteiger partial charge >= 0.3 is 0 Å². The molecule has 1 atom stereocenters. The van der Waals surface area contributed by atoms with E-state index >= 15 is 0 Å². The highest BCUT2D eigenvalue weighted by atomic mass is 32.2. The summed E-state index contributed by atoms with van der Waals surface area (Å²) in [6, 6.07) is 22.6. The largest absolute Gasteiger partial charge is 0.354 e. The Hall–Kier alpha value is -3.65. The number of benzene rings is 3. The third-order valence-electron chi connectivity index (χ3n) is 6.93. The minimum absolute atomic E-state index is 0.1000. The summed E-state index contributed by atoms with van der Waals surface area (Å²) in [6.45, 7) is 8.09. The number of anilines is 1. The first kappa shape index (κ1) is 30.9. The van der Waals surface area contributed by atoms with E-state index in [1.165, 1.54) is 16.4 Å². The molecular weight excluding hydrogens is 522 g/mol. The molecule has 0 spiro atoms. The van der Waals surface area contributed by atoms with E-state index in [2.05, 4.69) is 5.32 Å². The van der Waals surface area contributed by atoms with E-state index in [1.807, 2.05) is 70.2 Å². The third kappa shape index (κ3) is 7.94. The molecule has 3 aromatic rings. The molecule has 0 heterocycles. The van der Waals surface area contributed by atoms with Gasteiger partial charge in [-0.2, -0.15) is 0 Å². The normalized spacial score (nSPS) is 12.0. The van der Waals surface area contributed by atoms with Gasteiger partial charge in [0.05, 0.1) is 10.6 Å². The lowest BCUT2D eigenvalue weighted by Gasteiger charge is -2.33. The molecule has 0 unspecified atom stereocenters. The second-order valence-electron chi connectivity index (χ2n) is 10.0. The summed E-state index contributed by atoms with van der Waals surface area (Å²) < 4.78 is 29.0. The average molecular weight is 564 g/mol. The molecule has 0 saturated heterocycles. The maximum Gasteiger partial charge on any atom is 0.264 e. The number of sulfonamides is 1. The van der Waals surface area contributed by atoms with E-state index < -0.39 is 28.5 Å². The van der Waals surface area contributed by atoms with Crippen molar-refractivity contribution in [2.75, 3.05) is 23.9 Å². The molecule has 0 aliphatic heterocycles. The Morgan fingerprint density at radius 2 is 1.55 bits per heavy atom. The number of hydrogen-bond donors (Lipinski definition) is 1. The fraction of sp³-hybridized carbons (Fsp3) is 0.375. The van der Waals surface area contributed by atoms with Crippen molar-refractivity contribution < 1.29 is 18.0 Å². The number of amides is 2. The first-order valence-corrected chi connectivity index (χ1v) is 15.4. The molecule has 3 rings (SSSR count). The zero-order valence-electron chi connectivity index (χ0n) is 24.0. The van der Waals surface area contributed by atoms with Crippen LogP contribution >= 0.6 is 0 Å². The maximum atomic E-state index is 14.1. The molecule has 8 heteroatoms. The first-order valence-electron chi connectivity index (χ1n) is 13.9. The van der Waals surface area contributed by atoms with Crippen LogP contribution in [0.25, 0.3) is 0 Å². The molecule has 2 amide bonds. The number of carbonyl (C=O) groups is 2. The van der Waals surface area contributed by atoms with Crippen LogP contribution in [0.1, 0.15) is 49.8 Å². The van der Waals surface area contributed by atoms with Crippen LogP contribution in [0.3, 0.4) is 0 Å². The predicted molar refractivity (Wildman–Crippen MR) is 161 cm³/mol. The van der Waals surface area contributed by atoms with Gasteiger partial charge < -0.3 is 10.2 Å². The van der Waals surface area contributed by atoms with Gasteiger partial charge in [0.15, 0.2) is 0 Å². The summed E-state index contributed by atoms with van der Waals surface area (Å²) in [5.41, 5.74) is 3.20. The van der Waals surface area contributed by atoms with Gasteiger partial charge in [0.25, 0.3) is 10.0 Å². The minimum atomic E-state index is -4.07. The van der Waals surface area contributed by atoms with Crippen LogP contribution in [0, 0.1) is 13.8 Å². The topological polar surface area (TPSA) is 86.8 Å². The standard InChI is InChI=1S/C32H41N3O4S/c1-5-7-21-33-32(37)29(6-2)34(22-20-27-14-10-8-11-15-27)31(36)24-35(30-19-18-25(3)23-26(30)4)40(38,39)28-16-12-9-13-17-28/h8-19,23,29H,5-7,20-22,24H2,1-4H3,(H,33,37)/t29-/m0/s1. The van der Waals surface area contributed by atoms with Crippen molar-refractivity contribution in [1.82, 2.24) is 10.2 Å². The summed E-state index contributed by atoms with van der Waals surface area (Å²) in [7, 11) is -4.07. The number of hydrogen-bond acceptors (Lipinski definition) is 4. The lowest BCUT2D eigenvalue weighted by atomic mass is 10.1. The quantitative estimate of drug-likeness (QED) is 0.271. The minimum Gasteiger partial charge on any atom is -0.354 e. The highest BCUT2D eigenvalue weighted by Crippen LogP contribution is 2.28. The van der Waals surface area contributed by atoms with Gasteiger partial charge in [0, 0.05) is 13.1 Å². The number of carbonyl (C=O) groups excluding carboxylic acids is 2. The highest BCUT2D eigenvalue weighted by Gasteiger charge is 2.33. The highest BCUT2D eigenvalue weighted by molar-refractivity contribution is 7.92. The Kier molecular flexibility index (Phi) is 11.3. The molecule has 0 aliphatic carbocycles. The van der Waals surface area contributed by atoms with Crippen LogP contribution in [-0.2, 0) is 26.0 Å². The first-order chi connectivity index (χ1) is 19.2. The van der Waals surface area contributed by atoms with Crippen molar-refractivity contribution in [3.63, 3.8) is 0 Å². The van der Waals surface area contributed by atoms with Crippen LogP contribution in [-0.4, -0.2) is 50.8 Å². The monoisotopic (exact) mass is 563 g/mol. The summed E-state index contributed by atoms with van der Waals surface area (Å²) in [5.74, 6) is -0.644. The van der Waals surface area contributed by atoms with Crippen molar-refractivity contribution in [2.45, 2.75) is 64.3 Å². The SMILES string of the molecule is CCCCNC(=O)[C@H](CC)N(CCc1ccccc1)C(=O)CN(c1ccc(C)cc1C)S(=O)(=O)c1ccccc1. The van der Waals surface area contributed by atoms with Crippen LogP contribution < -0.4 is 9.62 Å². The van der Waals surface area contributed by atoms with E-state index in [1.54, 1.807) is 29.2 Å². The molecule has 7 nitrogen and oxygen atoms in total. The molecule has 214 valence electrons. The van der Waals surface area contributed by atoms with Crippen molar-refractivity contribution in [1.29, 1.82) is 0 Å². The van der Waals surface area contributed by atoms with Crippen molar-refractivity contribution in [3.05, 3.63) is 95.6 Å². The van der Waals surface area contributed by atoms with E-state index in [0.717, 1.165) is 29.5 Å². The van der Waals surface area contributed by atoms with Gasteiger partial charge in [-0.1, -0.05) is 86.5 Å². The molecule has 0 aliphatic rings. The Morgan fingerprint density at radius 1 is 0.900 bits per heavy atom. The van der Waals surface area contributed by atoms with Crippen LogP contribution in [0.2, 0.25) is 0 Å². The third-order valence-corrected chi connectivity index (χ3v) is 8.70. The molecule has 0 bridgehead atoms. The number of nitrogens with zero attached hydrogens (tertiary/aromatic N) is 2. The van der Waals surface area contributed by atoms with Crippen LogP contribution in [0.15, 0.2) is 83.8 Å². The number of aryl methyl sites for hydroxylation is 2. The summed E-state index contributed by atoms with van der Waals surface area (Å²) >= 11 is 0. The Labute approximate surface area is 239 Å². The van der Waals surface area contributed by atoms with Gasteiger partial charge in [-0.05, 0) is 62.4 Å². The lowest BCUT2D eigenvalue weighted by molar-refractivity contribution is -0.139. The molecule has 0 aromatic heterocycles. The van der Waals surface area contributed by atoms with E-state index in [0.29, 0.717) is 25.1 Å². The number of unbranched alkanes of at least 4 members (excludes halogenated alkanes) is 1. The summed E-state index contributed by atoms with van der Waals surface area (Å²) in [6.07, 6.45) is 2.74.